The van der Waals surface area contributed by atoms with E-state index in [0.717, 1.165) is 46.8 Å². The van der Waals surface area contributed by atoms with Crippen molar-refractivity contribution in [3.63, 3.8) is 0 Å². The highest BCUT2D eigenvalue weighted by Crippen LogP contribution is 2.43. The fourth-order valence-corrected chi connectivity index (χ4v) is 6.07. The number of carbonyl (C=O) groups is 1. The predicted molar refractivity (Wildman–Crippen MR) is 149 cm³/mol. The molecule has 0 amide bonds. The van der Waals surface area contributed by atoms with E-state index in [-0.39, 0.29) is 23.7 Å². The summed E-state index contributed by atoms with van der Waals surface area (Å²) in [6.07, 6.45) is 3.70. The summed E-state index contributed by atoms with van der Waals surface area (Å²) in [6, 6.07) is 18.2. The summed E-state index contributed by atoms with van der Waals surface area (Å²) in [5, 5.41) is 0. The van der Waals surface area contributed by atoms with Crippen LogP contribution < -0.4 is 14.2 Å². The number of ether oxygens (including phenoxy) is 4. The SMILES string of the molecule is COC(=O)C[C@@H]1COc2cc(O[C@@H]3CCc4c(-c5cc(OCCCS(C)(=O)=O)ccc5C)cccc43)ccc21. The van der Waals surface area contributed by atoms with Crippen LogP contribution in [0, 0.1) is 6.92 Å². The van der Waals surface area contributed by atoms with Gasteiger partial charge >= 0.3 is 5.97 Å². The van der Waals surface area contributed by atoms with E-state index in [9.17, 15) is 13.2 Å². The zero-order valence-electron chi connectivity index (χ0n) is 22.6. The first kappa shape index (κ1) is 27.1. The van der Waals surface area contributed by atoms with Crippen molar-refractivity contribution in [3.8, 4) is 28.4 Å². The monoisotopic (exact) mass is 550 g/mol. The molecular weight excluding hydrogens is 516 g/mol. The minimum Gasteiger partial charge on any atom is -0.494 e. The summed E-state index contributed by atoms with van der Waals surface area (Å²) in [4.78, 5) is 11.7. The summed E-state index contributed by atoms with van der Waals surface area (Å²) in [5.74, 6) is 2.11. The first-order valence-corrected chi connectivity index (χ1v) is 15.3. The number of aryl methyl sites for hydroxylation is 1. The molecule has 0 saturated heterocycles. The van der Waals surface area contributed by atoms with Gasteiger partial charge in [-0.1, -0.05) is 30.3 Å². The molecule has 0 spiro atoms. The van der Waals surface area contributed by atoms with Crippen LogP contribution in [-0.4, -0.2) is 46.7 Å². The van der Waals surface area contributed by atoms with Gasteiger partial charge in [-0.15, -0.1) is 0 Å². The lowest BCUT2D eigenvalue weighted by atomic mass is 9.93. The molecule has 0 aromatic heterocycles. The number of fused-ring (bicyclic) bond motifs is 2. The maximum absolute atomic E-state index is 11.7. The molecule has 39 heavy (non-hydrogen) atoms. The van der Waals surface area contributed by atoms with Gasteiger partial charge in [-0.3, -0.25) is 4.79 Å². The van der Waals surface area contributed by atoms with E-state index in [0.29, 0.717) is 26.1 Å². The Morgan fingerprint density at radius 1 is 1.03 bits per heavy atom. The molecule has 2 aliphatic rings. The smallest absolute Gasteiger partial charge is 0.306 e. The van der Waals surface area contributed by atoms with E-state index >= 15 is 0 Å². The minimum absolute atomic E-state index is 0.000990. The van der Waals surface area contributed by atoms with Crippen LogP contribution in [0.25, 0.3) is 11.1 Å². The van der Waals surface area contributed by atoms with E-state index in [1.165, 1.54) is 30.1 Å². The fourth-order valence-electron chi connectivity index (χ4n) is 5.43. The molecule has 3 aromatic carbocycles. The molecular formula is C31H34O7S. The van der Waals surface area contributed by atoms with Crippen LogP contribution in [0.15, 0.2) is 54.6 Å². The van der Waals surface area contributed by atoms with Crippen LogP contribution in [0.4, 0.5) is 0 Å². The van der Waals surface area contributed by atoms with Gasteiger partial charge in [-0.2, -0.15) is 0 Å². The standard InChI is InChI=1S/C31H34O7S/c1-20-8-9-22(36-14-5-15-39(3,33)34)17-28(20)25-6-4-7-27-26(25)12-13-29(27)38-23-10-11-24-21(16-31(32)35-2)19-37-30(24)18-23/h4,6-11,17-18,21,29H,5,12-16,19H2,1-3H3/t21-,29-/m1/s1. The Morgan fingerprint density at radius 3 is 2.64 bits per heavy atom. The molecule has 3 aromatic rings. The highest BCUT2D eigenvalue weighted by atomic mass is 32.2. The number of hydrogen-bond acceptors (Lipinski definition) is 7. The molecule has 0 N–H and O–H groups in total. The molecule has 5 rings (SSSR count). The number of benzene rings is 3. The Kier molecular flexibility index (Phi) is 7.84. The van der Waals surface area contributed by atoms with Gasteiger partial charge in [0.15, 0.2) is 0 Å². The van der Waals surface area contributed by atoms with Gasteiger partial charge in [-0.25, -0.2) is 8.42 Å². The van der Waals surface area contributed by atoms with Crippen molar-refractivity contribution in [3.05, 3.63) is 76.9 Å². The number of hydrogen-bond donors (Lipinski definition) is 0. The zero-order chi connectivity index (χ0) is 27.6. The highest BCUT2D eigenvalue weighted by Gasteiger charge is 2.30. The van der Waals surface area contributed by atoms with Crippen molar-refractivity contribution in [1.29, 1.82) is 0 Å². The Morgan fingerprint density at radius 2 is 1.85 bits per heavy atom. The molecule has 1 heterocycles. The lowest BCUT2D eigenvalue weighted by Gasteiger charge is -2.17. The van der Waals surface area contributed by atoms with Crippen LogP contribution in [0.1, 0.15) is 53.5 Å². The Labute approximate surface area is 230 Å². The summed E-state index contributed by atoms with van der Waals surface area (Å²) < 4.78 is 45.8. The van der Waals surface area contributed by atoms with Crippen LogP contribution in [0.2, 0.25) is 0 Å². The Hall–Kier alpha value is -3.52. The molecule has 0 bridgehead atoms. The van der Waals surface area contributed by atoms with Gasteiger partial charge in [0.1, 0.15) is 33.2 Å². The van der Waals surface area contributed by atoms with Crippen LogP contribution in [-0.2, 0) is 25.8 Å². The second kappa shape index (κ2) is 11.3. The van der Waals surface area contributed by atoms with E-state index in [4.69, 9.17) is 18.9 Å². The average molecular weight is 551 g/mol. The number of sulfone groups is 1. The topological polar surface area (TPSA) is 88.1 Å². The molecule has 7 nitrogen and oxygen atoms in total. The molecule has 0 unspecified atom stereocenters. The maximum Gasteiger partial charge on any atom is 0.306 e. The second-order valence-corrected chi connectivity index (χ2v) is 12.6. The lowest BCUT2D eigenvalue weighted by molar-refractivity contribution is -0.141. The molecule has 0 radical (unpaired) electrons. The summed E-state index contributed by atoms with van der Waals surface area (Å²) in [6.45, 7) is 2.90. The van der Waals surface area contributed by atoms with Crippen molar-refractivity contribution in [2.24, 2.45) is 0 Å². The lowest BCUT2D eigenvalue weighted by Crippen LogP contribution is -2.09. The summed E-state index contributed by atoms with van der Waals surface area (Å²) >= 11 is 0. The molecule has 0 saturated carbocycles. The summed E-state index contributed by atoms with van der Waals surface area (Å²) in [7, 11) is -1.60. The van der Waals surface area contributed by atoms with Crippen molar-refractivity contribution in [2.45, 2.75) is 44.6 Å². The number of methoxy groups -OCH3 is 1. The van der Waals surface area contributed by atoms with Crippen LogP contribution in [0.5, 0.6) is 17.2 Å². The Balaban J connectivity index is 1.31. The number of carbonyl (C=O) groups excluding carboxylic acids is 1. The van der Waals surface area contributed by atoms with Crippen molar-refractivity contribution in [1.82, 2.24) is 0 Å². The third kappa shape index (κ3) is 6.22. The predicted octanol–water partition coefficient (Wildman–Crippen LogP) is 5.58. The molecule has 2 atom stereocenters. The molecule has 1 aliphatic heterocycles. The second-order valence-electron chi connectivity index (χ2n) is 10.3. The third-order valence-corrected chi connectivity index (χ3v) is 8.46. The molecule has 8 heteroatoms. The van der Waals surface area contributed by atoms with Gasteiger partial charge in [-0.05, 0) is 72.2 Å². The van der Waals surface area contributed by atoms with E-state index < -0.39 is 9.84 Å². The van der Waals surface area contributed by atoms with Gasteiger partial charge < -0.3 is 18.9 Å². The summed E-state index contributed by atoms with van der Waals surface area (Å²) in [5.41, 5.74) is 6.88. The van der Waals surface area contributed by atoms with Crippen molar-refractivity contribution in [2.75, 3.05) is 32.3 Å². The van der Waals surface area contributed by atoms with Gasteiger partial charge in [0, 0.05) is 23.8 Å². The van der Waals surface area contributed by atoms with Crippen molar-refractivity contribution < 1.29 is 32.2 Å². The largest absolute Gasteiger partial charge is 0.494 e. The molecule has 0 fully saturated rings. The van der Waals surface area contributed by atoms with Crippen LogP contribution in [0.3, 0.4) is 0 Å². The zero-order valence-corrected chi connectivity index (χ0v) is 23.4. The van der Waals surface area contributed by atoms with Gasteiger partial charge in [0.2, 0.25) is 0 Å². The van der Waals surface area contributed by atoms with E-state index in [1.807, 2.05) is 36.4 Å². The first-order chi connectivity index (χ1) is 18.7. The van der Waals surface area contributed by atoms with E-state index in [2.05, 4.69) is 25.1 Å². The Bertz CT molecular complexity index is 1480. The first-order valence-electron chi connectivity index (χ1n) is 13.3. The van der Waals surface area contributed by atoms with Gasteiger partial charge in [0.05, 0.1) is 32.5 Å². The molecule has 1 aliphatic carbocycles. The number of rotatable bonds is 10. The maximum atomic E-state index is 11.7. The third-order valence-electron chi connectivity index (χ3n) is 7.43. The average Bonchev–Trinajstić information content (AvgIpc) is 3.50. The van der Waals surface area contributed by atoms with Crippen LogP contribution >= 0.6 is 0 Å². The number of esters is 1. The quantitative estimate of drug-likeness (QED) is 0.241. The normalized spacial score (nSPS) is 17.7. The highest BCUT2D eigenvalue weighted by molar-refractivity contribution is 7.90. The molecule has 206 valence electrons. The fraction of sp³-hybridized carbons (Fsp3) is 0.387. The van der Waals surface area contributed by atoms with E-state index in [1.54, 1.807) is 0 Å². The minimum atomic E-state index is -3.00. The van der Waals surface area contributed by atoms with Crippen molar-refractivity contribution >= 4 is 15.8 Å². The van der Waals surface area contributed by atoms with Gasteiger partial charge in [0.25, 0.3) is 0 Å².